The molecule has 0 spiro atoms. The highest BCUT2D eigenvalue weighted by Gasteiger charge is 2.54. The van der Waals surface area contributed by atoms with Crippen LogP contribution in [-0.4, -0.2) is 40.4 Å². The van der Waals surface area contributed by atoms with E-state index in [1.165, 1.54) is 12.8 Å². The molecule has 2 aromatic heterocycles. The molecule has 7 nitrogen and oxygen atoms in total. The Labute approximate surface area is 141 Å². The molecule has 1 aliphatic carbocycles. The first-order chi connectivity index (χ1) is 11.5. The van der Waals surface area contributed by atoms with Crippen LogP contribution in [-0.2, 0) is 5.41 Å². The Morgan fingerprint density at radius 1 is 1.21 bits per heavy atom. The molecule has 0 radical (unpaired) electrons. The zero-order valence-electron chi connectivity index (χ0n) is 14.7. The van der Waals surface area contributed by atoms with E-state index >= 15 is 0 Å². The second-order valence-corrected chi connectivity index (χ2v) is 6.98. The number of aromatic nitrogens is 4. The van der Waals surface area contributed by atoms with Crippen LogP contribution >= 0.6 is 0 Å². The second-order valence-electron chi connectivity index (χ2n) is 6.98. The van der Waals surface area contributed by atoms with Gasteiger partial charge in [0, 0.05) is 20.0 Å². The van der Waals surface area contributed by atoms with Gasteiger partial charge in [-0.05, 0) is 32.6 Å². The molecule has 2 atom stereocenters. The molecule has 4 rings (SSSR count). The molecule has 2 aromatic rings. The normalized spacial score (nSPS) is 26.0. The lowest BCUT2D eigenvalue weighted by Crippen LogP contribution is -2.33. The molecular formula is C17H23N5O2. The van der Waals surface area contributed by atoms with Gasteiger partial charge >= 0.3 is 0 Å². The third-order valence-corrected chi connectivity index (χ3v) is 5.50. The van der Waals surface area contributed by atoms with E-state index < -0.39 is 0 Å². The van der Waals surface area contributed by atoms with Gasteiger partial charge < -0.3 is 14.1 Å². The topological polar surface area (TPSA) is 77.2 Å². The standard InChI is InChI=1S/C17H23N5O2/c1-10-14(18-11(2)19-15(10)23-4)22-8-13-6-5-7-17(13,9-22)16-21-20-12(3)24-16/h13H,5-9H2,1-4H3/t13-,17-/m0/s1. The number of hydrogen-bond donors (Lipinski definition) is 0. The van der Waals surface area contributed by atoms with Crippen molar-refractivity contribution in [3.63, 3.8) is 0 Å². The summed E-state index contributed by atoms with van der Waals surface area (Å²) in [6.45, 7) is 7.60. The van der Waals surface area contributed by atoms with Crippen molar-refractivity contribution in [3.05, 3.63) is 23.2 Å². The van der Waals surface area contributed by atoms with Gasteiger partial charge in [0.2, 0.25) is 17.7 Å². The van der Waals surface area contributed by atoms with Crippen molar-refractivity contribution in [2.75, 3.05) is 25.1 Å². The van der Waals surface area contributed by atoms with E-state index in [4.69, 9.17) is 9.15 Å². The molecule has 0 aromatic carbocycles. The molecule has 0 amide bonds. The number of hydrogen-bond acceptors (Lipinski definition) is 7. The fraction of sp³-hybridized carbons (Fsp3) is 0.647. The minimum atomic E-state index is -0.0419. The SMILES string of the molecule is COc1nc(C)nc(N2C[C@@H]3CCC[C@]3(c3nnc(C)o3)C2)c1C. The summed E-state index contributed by atoms with van der Waals surface area (Å²) in [5, 5.41) is 8.42. The van der Waals surface area contributed by atoms with Gasteiger partial charge in [-0.25, -0.2) is 4.98 Å². The molecule has 0 bridgehead atoms. The van der Waals surface area contributed by atoms with Gasteiger partial charge in [-0.3, -0.25) is 0 Å². The molecule has 24 heavy (non-hydrogen) atoms. The maximum absolute atomic E-state index is 5.85. The van der Waals surface area contributed by atoms with Crippen molar-refractivity contribution in [2.24, 2.45) is 5.92 Å². The van der Waals surface area contributed by atoms with E-state index in [-0.39, 0.29) is 5.41 Å². The van der Waals surface area contributed by atoms with Crippen LogP contribution in [0, 0.1) is 26.7 Å². The lowest BCUT2D eigenvalue weighted by molar-refractivity contribution is 0.299. The van der Waals surface area contributed by atoms with Crippen molar-refractivity contribution in [3.8, 4) is 5.88 Å². The molecule has 3 heterocycles. The van der Waals surface area contributed by atoms with Crippen molar-refractivity contribution in [1.29, 1.82) is 0 Å². The van der Waals surface area contributed by atoms with Crippen LogP contribution in [0.3, 0.4) is 0 Å². The van der Waals surface area contributed by atoms with E-state index in [1.54, 1.807) is 7.11 Å². The number of nitrogens with zero attached hydrogens (tertiary/aromatic N) is 5. The lowest BCUT2D eigenvalue weighted by atomic mass is 9.80. The summed E-state index contributed by atoms with van der Waals surface area (Å²) in [5.41, 5.74) is 0.944. The molecule has 128 valence electrons. The van der Waals surface area contributed by atoms with Crippen LogP contribution < -0.4 is 9.64 Å². The fourth-order valence-electron chi connectivity index (χ4n) is 4.39. The maximum Gasteiger partial charge on any atom is 0.224 e. The van der Waals surface area contributed by atoms with Crippen molar-refractivity contribution < 1.29 is 9.15 Å². The Hall–Kier alpha value is -2.18. The summed E-state index contributed by atoms with van der Waals surface area (Å²) in [6.07, 6.45) is 3.50. The molecule has 0 N–H and O–H groups in total. The molecule has 1 aliphatic heterocycles. The summed E-state index contributed by atoms with van der Waals surface area (Å²) >= 11 is 0. The van der Waals surface area contributed by atoms with Gasteiger partial charge in [0.1, 0.15) is 11.6 Å². The van der Waals surface area contributed by atoms with Crippen LogP contribution in [0.4, 0.5) is 5.82 Å². The van der Waals surface area contributed by atoms with Crippen LogP contribution in [0.5, 0.6) is 5.88 Å². The van der Waals surface area contributed by atoms with Crippen molar-refractivity contribution in [2.45, 2.75) is 45.4 Å². The Balaban J connectivity index is 1.72. The van der Waals surface area contributed by atoms with Crippen molar-refractivity contribution >= 4 is 5.82 Å². The minimum Gasteiger partial charge on any atom is -0.481 e. The van der Waals surface area contributed by atoms with Gasteiger partial charge in [-0.2, -0.15) is 4.98 Å². The third kappa shape index (κ3) is 2.17. The van der Waals surface area contributed by atoms with Crippen LogP contribution in [0.2, 0.25) is 0 Å². The molecule has 7 heteroatoms. The second kappa shape index (κ2) is 5.43. The monoisotopic (exact) mass is 329 g/mol. The van der Waals surface area contributed by atoms with Crippen LogP contribution in [0.1, 0.15) is 42.4 Å². The summed E-state index contributed by atoms with van der Waals surface area (Å²) in [7, 11) is 1.65. The maximum atomic E-state index is 5.85. The Bertz CT molecular complexity index is 774. The summed E-state index contributed by atoms with van der Waals surface area (Å²) < 4.78 is 11.3. The highest BCUT2D eigenvalue weighted by Crippen LogP contribution is 2.51. The predicted molar refractivity (Wildman–Crippen MR) is 88.3 cm³/mol. The van der Waals surface area contributed by atoms with E-state index in [1.807, 2.05) is 20.8 Å². The van der Waals surface area contributed by atoms with E-state index in [2.05, 4.69) is 25.1 Å². The first-order valence-electron chi connectivity index (χ1n) is 8.48. The minimum absolute atomic E-state index is 0.0419. The van der Waals surface area contributed by atoms with Crippen LogP contribution in [0.15, 0.2) is 4.42 Å². The molecule has 2 aliphatic rings. The van der Waals surface area contributed by atoms with E-state index in [0.29, 0.717) is 17.7 Å². The summed E-state index contributed by atoms with van der Waals surface area (Å²) in [5.74, 6) is 4.30. The van der Waals surface area contributed by atoms with Gasteiger partial charge in [-0.1, -0.05) is 6.42 Å². The fourth-order valence-corrected chi connectivity index (χ4v) is 4.39. The lowest BCUT2D eigenvalue weighted by Gasteiger charge is -2.25. The first-order valence-corrected chi connectivity index (χ1v) is 8.48. The van der Waals surface area contributed by atoms with Gasteiger partial charge in [0.25, 0.3) is 0 Å². The number of ether oxygens (including phenoxy) is 1. The van der Waals surface area contributed by atoms with Gasteiger partial charge in [0.05, 0.1) is 18.1 Å². The molecule has 1 saturated heterocycles. The smallest absolute Gasteiger partial charge is 0.224 e. The number of methoxy groups -OCH3 is 1. The predicted octanol–water partition coefficient (Wildman–Crippen LogP) is 2.35. The van der Waals surface area contributed by atoms with Gasteiger partial charge in [-0.15, -0.1) is 10.2 Å². The highest BCUT2D eigenvalue weighted by atomic mass is 16.5. The number of rotatable bonds is 3. The number of aryl methyl sites for hydroxylation is 2. The molecular weight excluding hydrogens is 306 g/mol. The third-order valence-electron chi connectivity index (χ3n) is 5.50. The summed E-state index contributed by atoms with van der Waals surface area (Å²) in [4.78, 5) is 11.4. The Kier molecular flexibility index (Phi) is 3.47. The summed E-state index contributed by atoms with van der Waals surface area (Å²) in [6, 6.07) is 0. The molecule has 0 unspecified atom stereocenters. The van der Waals surface area contributed by atoms with Crippen molar-refractivity contribution in [1.82, 2.24) is 20.2 Å². The number of anilines is 1. The van der Waals surface area contributed by atoms with E-state index in [9.17, 15) is 0 Å². The number of fused-ring (bicyclic) bond motifs is 1. The highest BCUT2D eigenvalue weighted by molar-refractivity contribution is 5.53. The Morgan fingerprint density at radius 3 is 2.75 bits per heavy atom. The average Bonchev–Trinajstić information content (AvgIpc) is 3.22. The Morgan fingerprint density at radius 2 is 2.04 bits per heavy atom. The van der Waals surface area contributed by atoms with Gasteiger partial charge in [0.15, 0.2) is 0 Å². The average molecular weight is 329 g/mol. The first kappa shape index (κ1) is 15.4. The molecule has 1 saturated carbocycles. The zero-order chi connectivity index (χ0) is 16.9. The van der Waals surface area contributed by atoms with Crippen LogP contribution in [0.25, 0.3) is 0 Å². The zero-order valence-corrected chi connectivity index (χ0v) is 14.7. The molecule has 2 fully saturated rings. The van der Waals surface area contributed by atoms with E-state index in [0.717, 1.165) is 42.6 Å². The largest absolute Gasteiger partial charge is 0.481 e. The quantitative estimate of drug-likeness (QED) is 0.855.